The number of phenols is 1. The summed E-state index contributed by atoms with van der Waals surface area (Å²) in [6.45, 7) is 6.14. The molecule has 0 aliphatic carbocycles. The van der Waals surface area contributed by atoms with Crippen LogP contribution in [0.5, 0.6) is 5.75 Å². The van der Waals surface area contributed by atoms with Crippen LogP contribution in [0.15, 0.2) is 23.6 Å². The smallest absolute Gasteiger partial charge is 0.420 e. The Labute approximate surface area is 292 Å². The largest absolute Gasteiger partial charge is 0.506 e. The number of rotatable bonds is 6. The molecule has 0 unspecified atom stereocenters. The van der Waals surface area contributed by atoms with E-state index in [0.717, 1.165) is 62.1 Å². The Hall–Kier alpha value is -3.27. The number of nitrogens with zero attached hydrogens (tertiary/aromatic N) is 5. The first kappa shape index (κ1) is 35.6. The van der Waals surface area contributed by atoms with Crippen LogP contribution in [0, 0.1) is 0 Å². The van der Waals surface area contributed by atoms with E-state index in [0.29, 0.717) is 51.6 Å². The fourth-order valence-corrected chi connectivity index (χ4v) is 8.50. The highest BCUT2D eigenvalue weighted by Gasteiger charge is 2.38. The lowest BCUT2D eigenvalue weighted by Crippen LogP contribution is -2.57. The minimum atomic E-state index is -4.86. The summed E-state index contributed by atoms with van der Waals surface area (Å²) in [5.41, 5.74) is -0.398. The summed E-state index contributed by atoms with van der Waals surface area (Å²) in [4.78, 5) is 51.4. The molecule has 49 heavy (non-hydrogen) atoms. The molecule has 6 rings (SSSR count). The Bertz CT molecular complexity index is 1530. The molecule has 3 saturated heterocycles. The number of phenolic OH excluding ortho intramolecular Hbond substituents is 1. The predicted molar refractivity (Wildman–Crippen MR) is 181 cm³/mol. The van der Waals surface area contributed by atoms with Crippen LogP contribution in [0.25, 0.3) is 0 Å². The third kappa shape index (κ3) is 8.21. The lowest BCUT2D eigenvalue weighted by molar-refractivity contribution is -0.138. The number of thiophene rings is 1. The maximum Gasteiger partial charge on any atom is 0.420 e. The van der Waals surface area contributed by atoms with Crippen LogP contribution in [0.3, 0.4) is 0 Å². The van der Waals surface area contributed by atoms with Crippen molar-refractivity contribution in [2.24, 2.45) is 0 Å². The van der Waals surface area contributed by atoms with Gasteiger partial charge in [-0.3, -0.25) is 9.69 Å². The van der Waals surface area contributed by atoms with Crippen LogP contribution in [-0.2, 0) is 23.9 Å². The molecule has 0 radical (unpaired) electrons. The second-order valence-corrected chi connectivity index (χ2v) is 14.9. The average molecular weight is 726 g/mol. The van der Waals surface area contributed by atoms with Gasteiger partial charge in [-0.05, 0) is 81.4 Å². The van der Waals surface area contributed by atoms with Crippen LogP contribution in [0.2, 0.25) is 5.02 Å². The summed E-state index contributed by atoms with van der Waals surface area (Å²) >= 11 is 7.58. The Morgan fingerprint density at radius 1 is 1.02 bits per heavy atom. The number of amides is 5. The van der Waals surface area contributed by atoms with Gasteiger partial charge in [0.05, 0.1) is 22.8 Å². The molecule has 3 fully saturated rings. The van der Waals surface area contributed by atoms with Crippen LogP contribution in [0.4, 0.5) is 28.4 Å². The number of aromatic hydroxyl groups is 1. The number of urea groups is 2. The van der Waals surface area contributed by atoms with Crippen molar-refractivity contribution in [2.45, 2.75) is 69.4 Å². The summed E-state index contributed by atoms with van der Waals surface area (Å²) in [7, 11) is 2.12. The number of fused-ring (bicyclic) bond motifs is 1. The molecule has 5 heterocycles. The topological polar surface area (TPSA) is 112 Å². The van der Waals surface area contributed by atoms with E-state index in [9.17, 15) is 32.7 Å². The lowest BCUT2D eigenvalue weighted by Gasteiger charge is -2.41. The Balaban J connectivity index is 1.13. The standard InChI is InChI=1S/C33H43ClF3N7O4S/c1-40-8-2-9-41(15-14-40)22-3-10-42(11-4-22)30(46)27(19-21-17-24(33(35,36)37)29(45)25(34)18-21)39-31(47)43-12-5-23(6-13-43)44-20-28-26(7-16-49-28)38-32(44)48/h7,16-18,22-23,27,45H,2-6,8-15,19-20H2,1H3,(H,38,48)(H,39,47)/t27-/m1/s1. The number of likely N-dealkylation sites (tertiary alicyclic amines) is 2. The number of alkyl halides is 3. The van der Waals surface area contributed by atoms with Gasteiger partial charge in [0.15, 0.2) is 0 Å². The van der Waals surface area contributed by atoms with Crippen molar-refractivity contribution in [1.29, 1.82) is 0 Å². The molecule has 2 aromatic rings. The molecule has 0 spiro atoms. The SMILES string of the molecule is CN1CCCN(C2CCN(C(=O)[C@@H](Cc3cc(Cl)c(O)c(C(F)(F)F)c3)NC(=O)N3CCC(N4Cc5sccc5NC4=O)CC3)CC2)CC1. The molecule has 4 aliphatic rings. The molecule has 1 aromatic carbocycles. The number of anilines is 1. The number of piperidine rings is 2. The number of hydrogen-bond acceptors (Lipinski definition) is 7. The first-order chi connectivity index (χ1) is 23.4. The molecule has 5 amide bonds. The molecule has 1 aromatic heterocycles. The summed E-state index contributed by atoms with van der Waals surface area (Å²) in [6, 6.07) is 2.32. The fourth-order valence-electron chi connectivity index (χ4n) is 7.43. The van der Waals surface area contributed by atoms with Gasteiger partial charge in [0.25, 0.3) is 0 Å². The highest BCUT2D eigenvalue weighted by atomic mass is 35.5. The zero-order valence-electron chi connectivity index (χ0n) is 27.5. The van der Waals surface area contributed by atoms with E-state index in [1.807, 2.05) is 11.4 Å². The Morgan fingerprint density at radius 2 is 1.71 bits per heavy atom. The van der Waals surface area contributed by atoms with Crippen molar-refractivity contribution in [1.82, 2.24) is 29.8 Å². The van der Waals surface area contributed by atoms with Gasteiger partial charge in [-0.15, -0.1) is 11.3 Å². The second-order valence-electron chi connectivity index (χ2n) is 13.5. The van der Waals surface area contributed by atoms with Crippen LogP contribution in [0.1, 0.15) is 48.1 Å². The number of carbonyl (C=O) groups excluding carboxylic acids is 3. The third-order valence-corrected chi connectivity index (χ3v) is 11.5. The average Bonchev–Trinajstić information content (AvgIpc) is 3.42. The number of halogens is 4. The molecule has 4 aliphatic heterocycles. The number of hydrogen-bond donors (Lipinski definition) is 3. The van der Waals surface area contributed by atoms with Gasteiger partial charge in [-0.25, -0.2) is 9.59 Å². The van der Waals surface area contributed by atoms with Crippen LogP contribution in [-0.4, -0.2) is 125 Å². The van der Waals surface area contributed by atoms with Crippen LogP contribution < -0.4 is 10.6 Å². The molecular formula is C33H43ClF3N7O4S. The minimum absolute atomic E-state index is 0.0671. The predicted octanol–water partition coefficient (Wildman–Crippen LogP) is 4.89. The lowest BCUT2D eigenvalue weighted by atomic mass is 9.98. The van der Waals surface area contributed by atoms with E-state index in [2.05, 4.69) is 27.5 Å². The summed E-state index contributed by atoms with van der Waals surface area (Å²) < 4.78 is 41.2. The maximum absolute atomic E-state index is 14.0. The third-order valence-electron chi connectivity index (χ3n) is 10.3. The van der Waals surface area contributed by atoms with Crippen molar-refractivity contribution in [3.05, 3.63) is 44.6 Å². The van der Waals surface area contributed by atoms with Gasteiger partial charge < -0.3 is 35.3 Å². The van der Waals surface area contributed by atoms with Gasteiger partial charge in [-0.1, -0.05) is 11.6 Å². The molecule has 0 saturated carbocycles. The zero-order valence-corrected chi connectivity index (χ0v) is 29.0. The fraction of sp³-hybridized carbons (Fsp3) is 0.606. The van der Waals surface area contributed by atoms with Gasteiger partial charge in [0, 0.05) is 62.7 Å². The molecule has 16 heteroatoms. The summed E-state index contributed by atoms with van der Waals surface area (Å²) in [5.74, 6) is -1.45. The van der Waals surface area contributed by atoms with E-state index in [1.165, 1.54) is 6.07 Å². The quantitative estimate of drug-likeness (QED) is 0.392. The monoisotopic (exact) mass is 725 g/mol. The number of likely N-dealkylation sites (N-methyl/N-ethyl adjacent to an activating group) is 1. The highest BCUT2D eigenvalue weighted by molar-refractivity contribution is 7.10. The number of carbonyl (C=O) groups is 3. The second kappa shape index (κ2) is 14.9. The molecule has 1 atom stereocenters. The molecule has 3 N–H and O–H groups in total. The first-order valence-electron chi connectivity index (χ1n) is 16.9. The van der Waals surface area contributed by atoms with E-state index >= 15 is 0 Å². The van der Waals surface area contributed by atoms with E-state index < -0.39 is 34.6 Å². The molecule has 0 bridgehead atoms. The van der Waals surface area contributed by atoms with Crippen LogP contribution >= 0.6 is 22.9 Å². The van der Waals surface area contributed by atoms with E-state index in [-0.39, 0.29) is 30.0 Å². The van der Waals surface area contributed by atoms with Gasteiger partial charge in [0.1, 0.15) is 11.8 Å². The molecule has 268 valence electrons. The van der Waals surface area contributed by atoms with Crippen molar-refractivity contribution >= 4 is 46.6 Å². The zero-order chi connectivity index (χ0) is 34.9. The van der Waals surface area contributed by atoms with Gasteiger partial charge in [-0.2, -0.15) is 13.2 Å². The molecule has 11 nitrogen and oxygen atoms in total. The van der Waals surface area contributed by atoms with Crippen molar-refractivity contribution in [3.63, 3.8) is 0 Å². The molecular weight excluding hydrogens is 683 g/mol. The normalized spacial score (nSPS) is 21.2. The Morgan fingerprint density at radius 3 is 2.43 bits per heavy atom. The minimum Gasteiger partial charge on any atom is -0.506 e. The highest BCUT2D eigenvalue weighted by Crippen LogP contribution is 2.40. The van der Waals surface area contributed by atoms with Crippen molar-refractivity contribution in [3.8, 4) is 5.75 Å². The first-order valence-corrected chi connectivity index (χ1v) is 18.1. The van der Waals surface area contributed by atoms with Crippen molar-refractivity contribution in [2.75, 3.05) is 64.7 Å². The maximum atomic E-state index is 14.0. The van der Waals surface area contributed by atoms with Gasteiger partial charge in [0.2, 0.25) is 5.91 Å². The Kier molecular flexibility index (Phi) is 10.8. The van der Waals surface area contributed by atoms with E-state index in [1.54, 1.807) is 26.0 Å². The summed E-state index contributed by atoms with van der Waals surface area (Å²) in [6.07, 6.45) is -1.40. The summed E-state index contributed by atoms with van der Waals surface area (Å²) in [5, 5.41) is 17.2. The van der Waals surface area contributed by atoms with Crippen molar-refractivity contribution < 1.29 is 32.7 Å². The number of benzene rings is 1. The van der Waals surface area contributed by atoms with Gasteiger partial charge >= 0.3 is 18.2 Å². The number of nitrogens with one attached hydrogen (secondary N) is 2. The van der Waals surface area contributed by atoms with E-state index in [4.69, 9.17) is 11.6 Å².